The van der Waals surface area contributed by atoms with Gasteiger partial charge in [0.2, 0.25) is 0 Å². The molecule has 0 aliphatic rings. The molecular formula is C11H16N4O4S. The molecule has 0 aliphatic carbocycles. The molecule has 110 valence electrons. The van der Waals surface area contributed by atoms with Crippen molar-refractivity contribution in [3.63, 3.8) is 0 Å². The molecule has 4 N–H and O–H groups in total. The fourth-order valence-electron chi connectivity index (χ4n) is 1.53. The summed E-state index contributed by atoms with van der Waals surface area (Å²) < 4.78 is 22.2. The molecule has 0 aliphatic heterocycles. The van der Waals surface area contributed by atoms with Gasteiger partial charge in [-0.1, -0.05) is 5.16 Å². The van der Waals surface area contributed by atoms with Crippen molar-refractivity contribution in [3.05, 3.63) is 29.6 Å². The summed E-state index contributed by atoms with van der Waals surface area (Å²) in [5.41, 5.74) is 5.84. The second-order valence-corrected chi connectivity index (χ2v) is 6.57. The normalized spacial score (nSPS) is 13.8. The van der Waals surface area contributed by atoms with Gasteiger partial charge >= 0.3 is 0 Å². The SMILES string of the molecule is CC(CS(C)(=O)=O)NC(=O)c1ccc(C(N)=NO)cn1. The number of aromatic nitrogens is 1. The van der Waals surface area contributed by atoms with Gasteiger partial charge in [0.05, 0.1) is 5.75 Å². The predicted octanol–water partition coefficient (Wildman–Crippen LogP) is -0.661. The van der Waals surface area contributed by atoms with Crippen LogP contribution in [-0.2, 0) is 9.84 Å². The Hall–Kier alpha value is -2.16. The molecule has 1 aromatic rings. The highest BCUT2D eigenvalue weighted by molar-refractivity contribution is 7.90. The number of carbonyl (C=O) groups is 1. The molecule has 20 heavy (non-hydrogen) atoms. The van der Waals surface area contributed by atoms with E-state index in [4.69, 9.17) is 10.9 Å². The molecule has 0 fully saturated rings. The Balaban J connectivity index is 2.74. The number of carbonyl (C=O) groups excluding carboxylic acids is 1. The van der Waals surface area contributed by atoms with Crippen LogP contribution in [0.15, 0.2) is 23.5 Å². The number of nitrogens with two attached hydrogens (primary N) is 1. The van der Waals surface area contributed by atoms with Crippen LogP contribution in [0.4, 0.5) is 0 Å². The van der Waals surface area contributed by atoms with Crippen molar-refractivity contribution >= 4 is 21.6 Å². The van der Waals surface area contributed by atoms with Gasteiger partial charge in [0.15, 0.2) is 5.84 Å². The highest BCUT2D eigenvalue weighted by Crippen LogP contribution is 2.01. The number of nitrogens with one attached hydrogen (secondary N) is 1. The molecule has 1 unspecified atom stereocenters. The molecule has 1 heterocycles. The average molecular weight is 300 g/mol. The maximum absolute atomic E-state index is 11.8. The maximum atomic E-state index is 11.8. The van der Waals surface area contributed by atoms with E-state index in [2.05, 4.69) is 15.5 Å². The van der Waals surface area contributed by atoms with Gasteiger partial charge in [0, 0.05) is 24.1 Å². The van der Waals surface area contributed by atoms with E-state index in [0.29, 0.717) is 5.56 Å². The van der Waals surface area contributed by atoms with Gasteiger partial charge in [0.25, 0.3) is 5.91 Å². The number of hydrogen-bond donors (Lipinski definition) is 3. The van der Waals surface area contributed by atoms with Crippen molar-refractivity contribution < 1.29 is 18.4 Å². The van der Waals surface area contributed by atoms with Gasteiger partial charge in [0.1, 0.15) is 15.5 Å². The first-order valence-electron chi connectivity index (χ1n) is 5.65. The second kappa shape index (κ2) is 6.33. The fourth-order valence-corrected chi connectivity index (χ4v) is 2.52. The van der Waals surface area contributed by atoms with Crippen LogP contribution in [0.2, 0.25) is 0 Å². The Morgan fingerprint density at radius 3 is 2.65 bits per heavy atom. The Morgan fingerprint density at radius 2 is 2.20 bits per heavy atom. The van der Waals surface area contributed by atoms with Crippen LogP contribution >= 0.6 is 0 Å². The third-order valence-corrected chi connectivity index (χ3v) is 3.44. The van der Waals surface area contributed by atoms with Crippen LogP contribution in [0.5, 0.6) is 0 Å². The van der Waals surface area contributed by atoms with Gasteiger partial charge < -0.3 is 16.3 Å². The highest BCUT2D eigenvalue weighted by Gasteiger charge is 2.15. The van der Waals surface area contributed by atoms with Crippen LogP contribution in [0.3, 0.4) is 0 Å². The van der Waals surface area contributed by atoms with Crippen molar-refractivity contribution in [2.24, 2.45) is 10.9 Å². The van der Waals surface area contributed by atoms with E-state index in [9.17, 15) is 13.2 Å². The van der Waals surface area contributed by atoms with Crippen LogP contribution < -0.4 is 11.1 Å². The van der Waals surface area contributed by atoms with E-state index in [1.807, 2.05) is 0 Å². The number of sulfone groups is 1. The van der Waals surface area contributed by atoms with E-state index in [1.165, 1.54) is 18.3 Å². The van der Waals surface area contributed by atoms with Crippen molar-refractivity contribution in [2.45, 2.75) is 13.0 Å². The Morgan fingerprint density at radius 1 is 1.55 bits per heavy atom. The lowest BCUT2D eigenvalue weighted by atomic mass is 10.2. The topological polar surface area (TPSA) is 135 Å². The molecule has 8 nitrogen and oxygen atoms in total. The van der Waals surface area contributed by atoms with Crippen molar-refractivity contribution in [2.75, 3.05) is 12.0 Å². The Bertz CT molecular complexity index is 610. The van der Waals surface area contributed by atoms with E-state index in [0.717, 1.165) is 6.26 Å². The molecule has 0 aromatic carbocycles. The van der Waals surface area contributed by atoms with E-state index < -0.39 is 21.8 Å². The standard InChI is InChI=1S/C11H16N4O4S/c1-7(6-20(2,18)19)14-11(16)9-4-3-8(5-13-9)10(12)15-17/h3-5,7,17H,6H2,1-2H3,(H2,12,15)(H,14,16). The number of oxime groups is 1. The Labute approximate surface area is 116 Å². The number of amidine groups is 1. The van der Waals surface area contributed by atoms with Crippen LogP contribution in [0.25, 0.3) is 0 Å². The van der Waals surface area contributed by atoms with Gasteiger partial charge in [-0.05, 0) is 19.1 Å². The molecule has 1 atom stereocenters. The summed E-state index contributed by atoms with van der Waals surface area (Å²) in [6.45, 7) is 1.59. The quantitative estimate of drug-likeness (QED) is 0.286. The lowest BCUT2D eigenvalue weighted by molar-refractivity contribution is 0.0938. The number of nitrogens with zero attached hydrogens (tertiary/aromatic N) is 2. The minimum atomic E-state index is -3.17. The summed E-state index contributed by atoms with van der Waals surface area (Å²) in [7, 11) is -3.17. The fraction of sp³-hybridized carbons (Fsp3) is 0.364. The number of amides is 1. The van der Waals surface area contributed by atoms with E-state index in [1.54, 1.807) is 6.92 Å². The molecular weight excluding hydrogens is 284 g/mol. The third-order valence-electron chi connectivity index (χ3n) is 2.33. The van der Waals surface area contributed by atoms with Crippen molar-refractivity contribution in [3.8, 4) is 0 Å². The van der Waals surface area contributed by atoms with Gasteiger partial charge in [-0.3, -0.25) is 9.78 Å². The largest absolute Gasteiger partial charge is 0.409 e. The van der Waals surface area contributed by atoms with E-state index >= 15 is 0 Å². The molecule has 0 spiro atoms. The van der Waals surface area contributed by atoms with Gasteiger partial charge in [-0.15, -0.1) is 0 Å². The van der Waals surface area contributed by atoms with Crippen molar-refractivity contribution in [1.82, 2.24) is 10.3 Å². The van der Waals surface area contributed by atoms with Crippen molar-refractivity contribution in [1.29, 1.82) is 0 Å². The number of hydrogen-bond acceptors (Lipinski definition) is 6. The van der Waals surface area contributed by atoms with Crippen LogP contribution in [0.1, 0.15) is 23.0 Å². The molecule has 9 heteroatoms. The molecule has 1 aromatic heterocycles. The lowest BCUT2D eigenvalue weighted by Gasteiger charge is -2.12. The summed E-state index contributed by atoms with van der Waals surface area (Å²) in [5, 5.41) is 13.8. The zero-order chi connectivity index (χ0) is 15.3. The first-order valence-corrected chi connectivity index (χ1v) is 7.71. The number of rotatable bonds is 5. The minimum Gasteiger partial charge on any atom is -0.409 e. The smallest absolute Gasteiger partial charge is 0.270 e. The molecule has 0 saturated heterocycles. The summed E-state index contributed by atoms with van der Waals surface area (Å²) in [5.74, 6) is -0.761. The molecule has 0 radical (unpaired) electrons. The number of pyridine rings is 1. The van der Waals surface area contributed by atoms with E-state index in [-0.39, 0.29) is 17.3 Å². The second-order valence-electron chi connectivity index (χ2n) is 4.38. The summed E-state index contributed by atoms with van der Waals surface area (Å²) in [6.07, 6.45) is 2.38. The maximum Gasteiger partial charge on any atom is 0.270 e. The average Bonchev–Trinajstić information content (AvgIpc) is 2.35. The predicted molar refractivity (Wildman–Crippen MR) is 73.4 cm³/mol. The third kappa shape index (κ3) is 4.84. The van der Waals surface area contributed by atoms with Crippen LogP contribution in [0, 0.1) is 0 Å². The van der Waals surface area contributed by atoms with Gasteiger partial charge in [-0.25, -0.2) is 8.42 Å². The first-order chi connectivity index (χ1) is 9.23. The molecule has 0 saturated carbocycles. The molecule has 1 amide bonds. The first kappa shape index (κ1) is 15.9. The van der Waals surface area contributed by atoms with Crippen LogP contribution in [-0.4, -0.2) is 48.4 Å². The zero-order valence-electron chi connectivity index (χ0n) is 11.1. The molecule has 1 rings (SSSR count). The monoisotopic (exact) mass is 300 g/mol. The summed E-state index contributed by atoms with van der Waals surface area (Å²) in [6, 6.07) is 2.34. The molecule has 0 bridgehead atoms. The lowest BCUT2D eigenvalue weighted by Crippen LogP contribution is -2.37. The summed E-state index contributed by atoms with van der Waals surface area (Å²) >= 11 is 0. The summed E-state index contributed by atoms with van der Waals surface area (Å²) in [4.78, 5) is 15.7. The highest BCUT2D eigenvalue weighted by atomic mass is 32.2. The minimum absolute atomic E-state index is 0.111. The Kier molecular flexibility index (Phi) is 5.03. The van der Waals surface area contributed by atoms with Gasteiger partial charge in [-0.2, -0.15) is 0 Å². The zero-order valence-corrected chi connectivity index (χ0v) is 11.9.